The van der Waals surface area contributed by atoms with Crippen molar-refractivity contribution in [1.29, 1.82) is 0 Å². The zero-order chi connectivity index (χ0) is 16.1. The predicted octanol–water partition coefficient (Wildman–Crippen LogP) is 3.18. The Labute approximate surface area is 138 Å². The van der Waals surface area contributed by atoms with Crippen molar-refractivity contribution in [3.63, 3.8) is 0 Å². The van der Waals surface area contributed by atoms with E-state index in [-0.39, 0.29) is 5.95 Å². The molecular weight excluding hydrogens is 303 g/mol. The summed E-state index contributed by atoms with van der Waals surface area (Å²) in [4.78, 5) is 0. The molecule has 0 saturated heterocycles. The summed E-state index contributed by atoms with van der Waals surface area (Å²) in [6.45, 7) is 2.22. The van der Waals surface area contributed by atoms with Crippen LogP contribution >= 0.6 is 7.92 Å². The quantitative estimate of drug-likeness (QED) is 0.626. The third-order valence-corrected chi connectivity index (χ3v) is 6.06. The summed E-state index contributed by atoms with van der Waals surface area (Å²) in [6, 6.07) is 20.7. The van der Waals surface area contributed by atoms with Crippen LogP contribution in [0.2, 0.25) is 0 Å². The van der Waals surface area contributed by atoms with Crippen molar-refractivity contribution in [3.05, 3.63) is 95.7 Å². The van der Waals surface area contributed by atoms with Gasteiger partial charge in [0.05, 0.1) is 5.95 Å². The van der Waals surface area contributed by atoms with Crippen LogP contribution in [0.3, 0.4) is 0 Å². The topological polar surface area (TPSA) is 32.3 Å². The Morgan fingerprint density at radius 3 is 2.04 bits per heavy atom. The van der Waals surface area contributed by atoms with Gasteiger partial charge in [-0.25, -0.2) is 0 Å². The van der Waals surface area contributed by atoms with Gasteiger partial charge in [0.2, 0.25) is 0 Å². The van der Waals surface area contributed by atoms with Gasteiger partial charge in [-0.2, -0.15) is 0 Å². The zero-order valence-corrected chi connectivity index (χ0v) is 13.9. The third kappa shape index (κ3) is 3.38. The SMILES string of the molecule is CCOC([O-])=C1C=CC=C1P(c1ccccc1)c1ccccc1. The first-order valence-corrected chi connectivity index (χ1v) is 8.98. The van der Waals surface area contributed by atoms with E-state index >= 15 is 0 Å². The highest BCUT2D eigenvalue weighted by molar-refractivity contribution is 7.77. The van der Waals surface area contributed by atoms with E-state index in [2.05, 4.69) is 24.3 Å². The van der Waals surface area contributed by atoms with Crippen LogP contribution in [0.4, 0.5) is 0 Å². The summed E-state index contributed by atoms with van der Waals surface area (Å²) in [5.74, 6) is -0.244. The molecule has 0 saturated carbocycles. The molecule has 2 aromatic carbocycles. The molecule has 2 nitrogen and oxygen atoms in total. The molecule has 3 rings (SSSR count). The van der Waals surface area contributed by atoms with Crippen molar-refractivity contribution >= 4 is 18.5 Å². The van der Waals surface area contributed by atoms with Gasteiger partial charge in [0.15, 0.2) is 0 Å². The largest absolute Gasteiger partial charge is 0.613 e. The first kappa shape index (κ1) is 15.6. The van der Waals surface area contributed by atoms with E-state index in [1.165, 1.54) is 10.6 Å². The molecule has 1 aliphatic rings. The summed E-state index contributed by atoms with van der Waals surface area (Å²) >= 11 is 0. The van der Waals surface area contributed by atoms with Gasteiger partial charge in [0.25, 0.3) is 0 Å². The molecule has 0 heterocycles. The van der Waals surface area contributed by atoms with Crippen molar-refractivity contribution < 1.29 is 9.84 Å². The molecule has 0 radical (unpaired) electrons. The Hall–Kier alpha value is -2.31. The second kappa shape index (κ2) is 7.30. The van der Waals surface area contributed by atoms with Crippen LogP contribution in [0.1, 0.15) is 6.92 Å². The minimum atomic E-state index is -0.774. The molecule has 0 unspecified atom stereocenters. The Morgan fingerprint density at radius 2 is 1.52 bits per heavy atom. The summed E-state index contributed by atoms with van der Waals surface area (Å²) < 4.78 is 5.22. The molecule has 0 aromatic heterocycles. The highest BCUT2D eigenvalue weighted by Crippen LogP contribution is 2.49. The second-order valence-electron chi connectivity index (χ2n) is 5.05. The van der Waals surface area contributed by atoms with Crippen LogP contribution in [0.5, 0.6) is 0 Å². The van der Waals surface area contributed by atoms with E-state index in [0.29, 0.717) is 12.2 Å². The maximum Gasteiger partial charge on any atom is 0.0593 e. The van der Waals surface area contributed by atoms with E-state index in [1.807, 2.05) is 61.5 Å². The smallest absolute Gasteiger partial charge is 0.0593 e. The van der Waals surface area contributed by atoms with Crippen LogP contribution in [0.25, 0.3) is 0 Å². The average molecular weight is 321 g/mol. The lowest BCUT2D eigenvalue weighted by molar-refractivity contribution is -0.357. The second-order valence-corrected chi connectivity index (χ2v) is 7.24. The lowest BCUT2D eigenvalue weighted by Crippen LogP contribution is -2.16. The molecule has 0 N–H and O–H groups in total. The first-order chi connectivity index (χ1) is 11.3. The molecule has 0 bridgehead atoms. The Bertz CT molecular complexity index is 706. The van der Waals surface area contributed by atoms with Gasteiger partial charge in [-0.15, -0.1) is 0 Å². The Morgan fingerprint density at radius 1 is 0.957 bits per heavy atom. The van der Waals surface area contributed by atoms with Crippen LogP contribution < -0.4 is 15.7 Å². The monoisotopic (exact) mass is 321 g/mol. The van der Waals surface area contributed by atoms with Crippen LogP contribution in [0, 0.1) is 0 Å². The third-order valence-electron chi connectivity index (χ3n) is 3.56. The molecular formula is C20H18O2P-. The minimum absolute atomic E-state index is 0.244. The number of ether oxygens (including phenoxy) is 1. The Balaban J connectivity index is 2.09. The molecule has 0 atom stereocenters. The van der Waals surface area contributed by atoms with Crippen molar-refractivity contribution in [2.24, 2.45) is 0 Å². The molecule has 0 aliphatic heterocycles. The summed E-state index contributed by atoms with van der Waals surface area (Å²) in [6.07, 6.45) is 5.83. The van der Waals surface area contributed by atoms with E-state index in [9.17, 15) is 5.11 Å². The lowest BCUT2D eigenvalue weighted by Gasteiger charge is -2.24. The van der Waals surface area contributed by atoms with E-state index in [0.717, 1.165) is 5.31 Å². The predicted molar refractivity (Wildman–Crippen MR) is 94.9 cm³/mol. The van der Waals surface area contributed by atoms with Gasteiger partial charge in [0, 0.05) is 5.57 Å². The number of allylic oxidation sites excluding steroid dienone is 5. The van der Waals surface area contributed by atoms with Gasteiger partial charge in [0.1, 0.15) is 0 Å². The average Bonchev–Trinajstić information content (AvgIpc) is 3.07. The summed E-state index contributed by atoms with van der Waals surface area (Å²) in [5, 5.41) is 15.8. The van der Waals surface area contributed by atoms with Crippen molar-refractivity contribution in [1.82, 2.24) is 0 Å². The molecule has 1 aliphatic carbocycles. The molecule has 23 heavy (non-hydrogen) atoms. The first-order valence-electron chi connectivity index (χ1n) is 7.64. The molecule has 0 amide bonds. The van der Waals surface area contributed by atoms with E-state index < -0.39 is 7.92 Å². The van der Waals surface area contributed by atoms with Crippen molar-refractivity contribution in [2.45, 2.75) is 6.92 Å². The normalized spacial score (nSPS) is 15.7. The highest BCUT2D eigenvalue weighted by atomic mass is 31.1. The van der Waals surface area contributed by atoms with Gasteiger partial charge in [-0.3, -0.25) is 0 Å². The molecule has 3 heteroatoms. The standard InChI is InChI=1S/C20H19O2P/c1-2-22-20(21)18-14-9-15-19(18)23(16-10-5-3-6-11-16)17-12-7-4-8-13-17/h3-15,21H,2H2,1H3/p-1. The maximum atomic E-state index is 12.3. The highest BCUT2D eigenvalue weighted by Gasteiger charge is 2.23. The maximum absolute atomic E-state index is 12.3. The van der Waals surface area contributed by atoms with Gasteiger partial charge >= 0.3 is 0 Å². The zero-order valence-electron chi connectivity index (χ0n) is 13.0. The summed E-state index contributed by atoms with van der Waals surface area (Å²) in [5.41, 5.74) is 0.672. The number of hydrogen-bond acceptors (Lipinski definition) is 2. The van der Waals surface area contributed by atoms with Crippen LogP contribution in [-0.4, -0.2) is 6.61 Å². The van der Waals surface area contributed by atoms with E-state index in [4.69, 9.17) is 4.74 Å². The van der Waals surface area contributed by atoms with Gasteiger partial charge in [-0.1, -0.05) is 85.8 Å². The van der Waals surface area contributed by atoms with E-state index in [1.54, 1.807) is 0 Å². The molecule has 2 aromatic rings. The molecule has 0 fully saturated rings. The number of hydrogen-bond donors (Lipinski definition) is 0. The van der Waals surface area contributed by atoms with Gasteiger partial charge < -0.3 is 9.84 Å². The van der Waals surface area contributed by atoms with Crippen LogP contribution in [0.15, 0.2) is 95.7 Å². The number of benzene rings is 2. The van der Waals surface area contributed by atoms with Crippen LogP contribution in [-0.2, 0) is 4.74 Å². The fourth-order valence-electron chi connectivity index (χ4n) is 2.57. The van der Waals surface area contributed by atoms with Gasteiger partial charge in [-0.05, 0) is 30.5 Å². The summed E-state index contributed by atoms with van der Waals surface area (Å²) in [7, 11) is -0.774. The molecule has 116 valence electrons. The fourth-order valence-corrected chi connectivity index (χ4v) is 5.01. The lowest BCUT2D eigenvalue weighted by atomic mass is 10.3. The number of rotatable bonds is 5. The van der Waals surface area contributed by atoms with Crippen molar-refractivity contribution in [2.75, 3.05) is 6.61 Å². The Kier molecular flexibility index (Phi) is 4.95. The molecule has 0 spiro atoms. The van der Waals surface area contributed by atoms with Crippen molar-refractivity contribution in [3.8, 4) is 0 Å². The minimum Gasteiger partial charge on any atom is -0.613 e. The fraction of sp³-hybridized carbons (Fsp3) is 0.100.